The number of nitrogens with zero attached hydrogens (tertiary/aromatic N) is 6. The Kier molecular flexibility index (Phi) is 26.3. The molecule has 0 spiro atoms. The molecular formula is C70H85F3N15O27P3. The number of aliphatic hydroxyl groups is 6. The molecule has 3 fully saturated rings. The molecule has 6 aromatic heterocycles. The number of halogens is 3. The van der Waals surface area contributed by atoms with Crippen molar-refractivity contribution >= 4 is 92.1 Å². The number of carbonyl (C=O) groups is 3. The molecule has 0 amide bonds. The van der Waals surface area contributed by atoms with E-state index in [2.05, 4.69) is 55.8 Å². The lowest BCUT2D eigenvalue weighted by atomic mass is 9.95. The fraction of sp³-hybridized carbons (Fsp3) is 0.443. The van der Waals surface area contributed by atoms with Gasteiger partial charge in [-0.3, -0.25) is 57.3 Å². The van der Waals surface area contributed by atoms with Gasteiger partial charge in [0, 0.05) is 18.6 Å². The van der Waals surface area contributed by atoms with E-state index in [1.807, 2.05) is 0 Å². The zero-order valence-corrected chi connectivity index (χ0v) is 66.2. The van der Waals surface area contributed by atoms with Crippen LogP contribution in [-0.4, -0.2) is 222 Å². The number of aliphatic hydroxyl groups excluding tert-OH is 3. The van der Waals surface area contributed by atoms with Crippen molar-refractivity contribution < 1.29 is 127 Å². The Morgan fingerprint density at radius 1 is 0.475 bits per heavy atom. The Bertz CT molecular complexity index is 5430. The number of anilines is 3. The standard InChI is InChI=1S/C70H85F3N15O27P3/c1-35(2)107-59(95)36(3)83-116(101,113-41-17-11-8-12-18-41)104-30-48-51(90)69(99,33-72)63(111-48)87-27-24-45-54(87)78-66(81-57(45)93)76-40(7)109-61(97)38(5)85-118(103,115-43-21-15-10-16-22-43)106-31-49-52(91)70(100,34-73)64(112-49)88-28-25-46-55(88)79-67(82-58(46)94)75-39(6)108-60(96)37(4)84-117(102,114-42-19-13-9-14-20-42)105-29-47-50(89)68(98,32-71)62(110-47)86-26-23-44-53(86)77-65(74)80-56(44)92/h8-28,35-40,47-52,62-64,89-91,98-100H,29-34H2,1-7H3,(H,83,101)(H,84,102)(H,85,103)(H3,74,77,80,92)(H2,75,79,82,94)(H2,76,78,81,93)/t36-,37-,38-,39?,40?,47+,48+,49+,50?,51?,52?,62+,63+,64+,68+,69+,70+,116?,117+,118-/m0/s1. The highest BCUT2D eigenvalue weighted by molar-refractivity contribution is 7.52. The molecule has 0 radical (unpaired) electrons. The number of fused-ring (bicyclic) bond motifs is 3. The average Bonchev–Trinajstić information content (AvgIpc) is 1.60. The van der Waals surface area contributed by atoms with Crippen LogP contribution in [0.3, 0.4) is 0 Å². The van der Waals surface area contributed by atoms with Crippen LogP contribution in [0.15, 0.2) is 142 Å². The molecule has 6 unspecified atom stereocenters. The Balaban J connectivity index is 0.684. The van der Waals surface area contributed by atoms with Crippen molar-refractivity contribution in [1.29, 1.82) is 0 Å². The molecule has 118 heavy (non-hydrogen) atoms. The number of rotatable bonds is 37. The molecule has 48 heteroatoms. The first-order valence-corrected chi connectivity index (χ1v) is 40.9. The van der Waals surface area contributed by atoms with Crippen LogP contribution in [-0.2, 0) is 70.1 Å². The summed E-state index contributed by atoms with van der Waals surface area (Å²) in [5.74, 6) is -4.38. The number of nitrogen functional groups attached to an aromatic ring is 1. The van der Waals surface area contributed by atoms with Crippen LogP contribution in [0, 0.1) is 0 Å². The van der Waals surface area contributed by atoms with Gasteiger partial charge in [-0.15, -0.1) is 0 Å². The number of carbonyl (C=O) groups excluding carboxylic acids is 3. The zero-order valence-electron chi connectivity index (χ0n) is 63.5. The van der Waals surface area contributed by atoms with E-state index in [1.54, 1.807) is 44.2 Å². The molecule has 0 bridgehead atoms. The topological polar surface area (TPSA) is 573 Å². The van der Waals surface area contributed by atoms with E-state index in [1.165, 1.54) is 126 Å². The Hall–Kier alpha value is -9.99. The first kappa shape index (κ1) is 87.3. The maximum atomic E-state index is 15.4. The minimum absolute atomic E-state index is 0.0247. The summed E-state index contributed by atoms with van der Waals surface area (Å²) in [6, 6.07) is 21.6. The van der Waals surface area contributed by atoms with E-state index in [9.17, 15) is 77.5 Å². The van der Waals surface area contributed by atoms with Crippen molar-refractivity contribution in [3.05, 3.63) is 159 Å². The summed E-state index contributed by atoms with van der Waals surface area (Å²) in [6.07, 6.45) is -17.0. The first-order valence-electron chi connectivity index (χ1n) is 36.3. The summed E-state index contributed by atoms with van der Waals surface area (Å²) in [5.41, 5.74) is -5.72. The SMILES string of the molecule is CC(C)OC(=O)[C@H](C)NP(=O)(OC[C@H]1O[C@@H](n2ccc3c(=O)[nH]c(NC(C)OC(=O)[C@H](C)N[P@](=O)(OC[C@H]4O[C@@H](n5ccc6c(=O)[nH]c(NC(C)OC(=O)[C@H](C)N[P@@](=O)(OC[C@H]7O[C@@H](n8ccc9c(=O)[nH]c(N)nc98)[C@@](O)(CF)C7O)Oc7ccccc7)nc65)[C@@](O)(CF)C4O)Oc4ccccc4)nc32)[C@@](O)(CF)C1O)Oc1ccccc1. The summed E-state index contributed by atoms with van der Waals surface area (Å²) in [5, 5.41) is 81.9. The predicted octanol–water partition coefficient (Wildman–Crippen LogP) is 3.76. The number of nitrogens with two attached hydrogens (primary N) is 1. The number of para-hydroxylation sites is 3. The fourth-order valence-electron chi connectivity index (χ4n) is 12.9. The molecule has 12 rings (SSSR count). The lowest BCUT2D eigenvalue weighted by Crippen LogP contribution is -2.49. The number of hydrogen-bond donors (Lipinski definition) is 15. The van der Waals surface area contributed by atoms with E-state index >= 15 is 8.78 Å². The van der Waals surface area contributed by atoms with E-state index in [0.29, 0.717) is 0 Å². The third-order valence-electron chi connectivity index (χ3n) is 18.8. The van der Waals surface area contributed by atoms with Gasteiger partial charge in [0.1, 0.15) is 92.0 Å². The minimum Gasteiger partial charge on any atom is -0.462 e. The number of esters is 3. The Morgan fingerprint density at radius 2 is 0.763 bits per heavy atom. The monoisotopic (exact) mass is 1720 g/mol. The quantitative estimate of drug-likeness (QED) is 0.0114. The van der Waals surface area contributed by atoms with Gasteiger partial charge in [-0.25, -0.2) is 26.9 Å². The number of nitrogens with one attached hydrogen (secondary N) is 8. The van der Waals surface area contributed by atoms with Crippen LogP contribution < -0.4 is 61.9 Å². The third kappa shape index (κ3) is 18.7. The van der Waals surface area contributed by atoms with Gasteiger partial charge in [0.25, 0.3) is 16.7 Å². The highest BCUT2D eigenvalue weighted by atomic mass is 31.2. The highest BCUT2D eigenvalue weighted by Crippen LogP contribution is 2.52. The number of aromatic nitrogens is 9. The van der Waals surface area contributed by atoms with E-state index in [4.69, 9.17) is 61.3 Å². The zero-order chi connectivity index (χ0) is 85.1. The van der Waals surface area contributed by atoms with E-state index in [-0.39, 0.29) is 62.2 Å². The molecule has 3 aliphatic heterocycles. The molecule has 0 saturated carbocycles. The average molecular weight is 1720 g/mol. The molecule has 3 aromatic carbocycles. The van der Waals surface area contributed by atoms with Crippen LogP contribution in [0.4, 0.5) is 31.0 Å². The Morgan fingerprint density at radius 3 is 1.06 bits per heavy atom. The van der Waals surface area contributed by atoms with Gasteiger partial charge in [0.05, 0.1) is 42.1 Å². The normalized spacial score (nSPS) is 26.1. The molecule has 3 aliphatic rings. The molecule has 9 heterocycles. The summed E-state index contributed by atoms with van der Waals surface area (Å²) in [6.45, 7) is 1.74. The molecule has 20 atom stereocenters. The van der Waals surface area contributed by atoms with Crippen molar-refractivity contribution in [2.45, 2.75) is 157 Å². The molecular weight excluding hydrogens is 1630 g/mol. The smallest absolute Gasteiger partial charge is 0.459 e. The van der Waals surface area contributed by atoms with Crippen LogP contribution in [0.5, 0.6) is 17.2 Å². The van der Waals surface area contributed by atoms with E-state index in [0.717, 1.165) is 19.9 Å². The summed E-state index contributed by atoms with van der Waals surface area (Å²) in [4.78, 5) is 100. The number of alkyl halides is 3. The molecule has 16 N–H and O–H groups in total. The Labute approximate surface area is 665 Å². The van der Waals surface area contributed by atoms with Gasteiger partial charge in [0.2, 0.25) is 17.8 Å². The number of H-pyrrole nitrogens is 3. The number of ether oxygens (including phenoxy) is 6. The predicted molar refractivity (Wildman–Crippen MR) is 407 cm³/mol. The summed E-state index contributed by atoms with van der Waals surface area (Å²) in [7, 11) is -14.3. The maximum absolute atomic E-state index is 15.4. The van der Waals surface area contributed by atoms with Gasteiger partial charge in [-0.05, 0) is 103 Å². The molecule has 638 valence electrons. The fourth-order valence-corrected chi connectivity index (χ4v) is 17.4. The van der Waals surface area contributed by atoms with Crippen LogP contribution >= 0.6 is 23.2 Å². The van der Waals surface area contributed by atoms with E-state index < -0.39 is 212 Å². The van der Waals surface area contributed by atoms with Crippen LogP contribution in [0.25, 0.3) is 33.1 Å². The van der Waals surface area contributed by atoms with Crippen molar-refractivity contribution in [2.24, 2.45) is 0 Å². The molecule has 42 nitrogen and oxygen atoms in total. The third-order valence-corrected chi connectivity index (χ3v) is 23.7. The van der Waals surface area contributed by atoms with Gasteiger partial charge < -0.3 is 103 Å². The van der Waals surface area contributed by atoms with Crippen molar-refractivity contribution in [1.82, 2.24) is 58.9 Å². The maximum Gasteiger partial charge on any atom is 0.459 e. The van der Waals surface area contributed by atoms with Crippen molar-refractivity contribution in [2.75, 3.05) is 56.2 Å². The molecule has 3 saturated heterocycles. The second kappa shape index (κ2) is 35.5. The number of aromatic amines is 3. The first-order chi connectivity index (χ1) is 55.9. The lowest BCUT2D eigenvalue weighted by molar-refractivity contribution is -0.149. The summed E-state index contributed by atoms with van der Waals surface area (Å²) >= 11 is 0. The number of hydrogen-bond acceptors (Lipinski definition) is 33. The molecule has 9 aromatic rings. The highest BCUT2D eigenvalue weighted by Gasteiger charge is 2.60. The second-order valence-corrected chi connectivity index (χ2v) is 33.1. The van der Waals surface area contributed by atoms with Gasteiger partial charge in [-0.1, -0.05) is 54.6 Å². The summed E-state index contributed by atoms with van der Waals surface area (Å²) < 4.78 is 161. The lowest BCUT2D eigenvalue weighted by Gasteiger charge is -2.29. The van der Waals surface area contributed by atoms with Crippen molar-refractivity contribution in [3.8, 4) is 17.2 Å². The number of benzene rings is 3. The van der Waals surface area contributed by atoms with Crippen molar-refractivity contribution in [3.63, 3.8) is 0 Å². The van der Waals surface area contributed by atoms with Gasteiger partial charge >= 0.3 is 41.1 Å². The largest absolute Gasteiger partial charge is 0.462 e. The van der Waals surface area contributed by atoms with Crippen LogP contribution in [0.2, 0.25) is 0 Å². The minimum atomic E-state index is -4.92. The second-order valence-electron chi connectivity index (χ2n) is 28.0. The van der Waals surface area contributed by atoms with Gasteiger partial charge in [-0.2, -0.15) is 30.2 Å². The van der Waals surface area contributed by atoms with Gasteiger partial charge in [0.15, 0.2) is 64.9 Å². The van der Waals surface area contributed by atoms with Crippen LogP contribution in [0.1, 0.15) is 67.1 Å². The molecule has 0 aliphatic carbocycles.